The Kier molecular flexibility index (Phi) is 4.33. The number of oxime groups is 1. The fraction of sp³-hybridized carbons (Fsp3) is 0.300. The molecule has 0 radical (unpaired) electrons. The number of hydrogen-bond donors (Lipinski definition) is 6. The smallest absolute Gasteiger partial charge is 0.251 e. The van der Waals surface area contributed by atoms with Crippen molar-refractivity contribution in [3.05, 3.63) is 45.6 Å². The van der Waals surface area contributed by atoms with Crippen LogP contribution in [0.15, 0.2) is 34.2 Å². The van der Waals surface area contributed by atoms with Gasteiger partial charge in [-0.2, -0.15) is 0 Å². The normalized spacial score (nSPS) is 28.9. The summed E-state index contributed by atoms with van der Waals surface area (Å²) in [7, 11) is 1.16. The Bertz CT molecular complexity index is 1170. The third-order valence-corrected chi connectivity index (χ3v) is 6.14. The van der Waals surface area contributed by atoms with E-state index in [0.29, 0.717) is 5.56 Å². The maximum Gasteiger partial charge on any atom is 0.251 e. The first kappa shape index (κ1) is 20.4. The van der Waals surface area contributed by atoms with Gasteiger partial charge in [-0.25, -0.2) is 0 Å². The summed E-state index contributed by atoms with van der Waals surface area (Å²) >= 11 is 0. The van der Waals surface area contributed by atoms with E-state index in [4.69, 9.17) is 16.3 Å². The molecule has 0 spiro atoms. The number of aliphatic hydroxyl groups excluding tert-OH is 2. The third kappa shape index (κ3) is 2.49. The van der Waals surface area contributed by atoms with Crippen molar-refractivity contribution in [3.8, 4) is 5.75 Å². The zero-order chi connectivity index (χ0) is 22.8. The van der Waals surface area contributed by atoms with Gasteiger partial charge in [-0.15, -0.1) is 5.71 Å². The van der Waals surface area contributed by atoms with Crippen LogP contribution in [0.4, 0.5) is 5.69 Å². The number of allylic oxidation sites excluding steroid dienone is 1. The fourth-order valence-electron chi connectivity index (χ4n) is 4.74. The number of nitrogen functional groups attached to an aromatic ring is 1. The number of carbonyl (C=O) groups is 2. The molecule has 31 heavy (non-hydrogen) atoms. The molecule has 8 N–H and O–H groups in total. The lowest BCUT2D eigenvalue weighted by atomic mass is 9.58. The Hall–Kier alpha value is -3.86. The molecule has 0 aliphatic heterocycles. The van der Waals surface area contributed by atoms with E-state index in [1.54, 1.807) is 0 Å². The number of primary amides is 1. The topological polar surface area (TPSA) is 211 Å². The summed E-state index contributed by atoms with van der Waals surface area (Å²) in [6.07, 6.45) is 0.0416. The second-order valence-corrected chi connectivity index (χ2v) is 7.67. The average molecular weight is 427 g/mol. The monoisotopic (exact) mass is 427 g/mol. The van der Waals surface area contributed by atoms with E-state index in [-0.39, 0.29) is 41.1 Å². The predicted molar refractivity (Wildman–Crippen MR) is 109 cm³/mol. The standard InChI is InChI=1S/C20H19N4O7/c1-31-24-14-8-5-6-4-7-9(21)2-3-10(25)12(7)15(26)11(6)18(28)20(8,30)17(22)13(16(14)27)19(23)29/h2-3,6,8,25-27,30H,4-5,21H2,1H3,(H2,23,29)/q-1/b24-14-/t6-,8-,20+/m0/s1. The summed E-state index contributed by atoms with van der Waals surface area (Å²) in [6.45, 7) is 0. The number of nitrogens with two attached hydrogens (primary N) is 2. The summed E-state index contributed by atoms with van der Waals surface area (Å²) in [5.41, 5.74) is 6.49. The lowest BCUT2D eigenvalue weighted by Crippen LogP contribution is -2.64. The first-order valence-electron chi connectivity index (χ1n) is 9.27. The van der Waals surface area contributed by atoms with Crippen LogP contribution in [0.25, 0.3) is 11.2 Å². The molecule has 1 saturated carbocycles. The van der Waals surface area contributed by atoms with Gasteiger partial charge in [0.1, 0.15) is 29.9 Å². The summed E-state index contributed by atoms with van der Waals surface area (Å²) in [6, 6.07) is 2.72. The van der Waals surface area contributed by atoms with Crippen molar-refractivity contribution >= 4 is 34.6 Å². The van der Waals surface area contributed by atoms with Crippen LogP contribution >= 0.6 is 0 Å². The van der Waals surface area contributed by atoms with Crippen molar-refractivity contribution < 1.29 is 34.9 Å². The first-order chi connectivity index (χ1) is 14.5. The number of aliphatic hydroxyl groups is 3. The predicted octanol–water partition coefficient (Wildman–Crippen LogP) is 0.0597. The number of hydrogen-bond acceptors (Lipinski definition) is 9. The number of aromatic hydroxyl groups is 1. The van der Waals surface area contributed by atoms with E-state index >= 15 is 0 Å². The zero-order valence-corrected chi connectivity index (χ0v) is 16.3. The molecule has 11 nitrogen and oxygen atoms in total. The number of ketones is 1. The van der Waals surface area contributed by atoms with E-state index in [0.717, 1.165) is 7.11 Å². The van der Waals surface area contributed by atoms with E-state index < -0.39 is 51.9 Å². The van der Waals surface area contributed by atoms with Gasteiger partial charge in [0.25, 0.3) is 5.91 Å². The highest BCUT2D eigenvalue weighted by atomic mass is 16.6. The molecule has 0 aromatic heterocycles. The highest BCUT2D eigenvalue weighted by molar-refractivity contribution is 6.40. The molecule has 3 atom stereocenters. The summed E-state index contributed by atoms with van der Waals surface area (Å²) in [5.74, 6) is -6.17. The van der Waals surface area contributed by atoms with E-state index in [9.17, 15) is 35.4 Å². The molecule has 0 saturated heterocycles. The van der Waals surface area contributed by atoms with Crippen molar-refractivity contribution in [3.63, 3.8) is 0 Å². The van der Waals surface area contributed by atoms with Crippen molar-refractivity contribution in [2.75, 3.05) is 12.8 Å². The molecule has 1 amide bonds. The number of fused-ring (bicyclic) bond motifs is 3. The summed E-state index contributed by atoms with van der Waals surface area (Å²) in [4.78, 5) is 30.0. The second-order valence-electron chi connectivity index (χ2n) is 7.67. The van der Waals surface area contributed by atoms with Crippen LogP contribution in [0, 0.1) is 11.8 Å². The molecular weight excluding hydrogens is 408 g/mol. The molecule has 3 aliphatic carbocycles. The second kappa shape index (κ2) is 6.57. The van der Waals surface area contributed by atoms with Gasteiger partial charge >= 0.3 is 0 Å². The lowest BCUT2D eigenvalue weighted by molar-refractivity contribution is -0.132. The number of nitrogens with zero attached hydrogens (tertiary/aromatic N) is 2. The highest BCUT2D eigenvalue weighted by Crippen LogP contribution is 2.51. The Morgan fingerprint density at radius 3 is 2.58 bits per heavy atom. The largest absolute Gasteiger partial charge is 0.804 e. The molecular formula is C20H19N4O7-. The van der Waals surface area contributed by atoms with E-state index in [1.807, 2.05) is 0 Å². The molecule has 0 heterocycles. The van der Waals surface area contributed by atoms with Crippen molar-refractivity contribution in [1.82, 2.24) is 0 Å². The van der Waals surface area contributed by atoms with Crippen LogP contribution in [0.1, 0.15) is 17.5 Å². The number of Topliss-reactive ketones (excluding diaryl/α,β-unsaturated/α-hetero) is 1. The Morgan fingerprint density at radius 2 is 1.97 bits per heavy atom. The molecule has 0 bridgehead atoms. The quantitative estimate of drug-likeness (QED) is 0.215. The van der Waals surface area contributed by atoms with Crippen LogP contribution < -0.4 is 11.5 Å². The van der Waals surface area contributed by atoms with Gasteiger partial charge in [-0.1, -0.05) is 5.16 Å². The number of amides is 1. The van der Waals surface area contributed by atoms with Gasteiger partial charge in [0.2, 0.25) is 0 Å². The van der Waals surface area contributed by atoms with E-state index in [2.05, 4.69) is 5.16 Å². The number of benzene rings is 1. The molecule has 3 aliphatic rings. The molecule has 4 rings (SSSR count). The van der Waals surface area contributed by atoms with Crippen molar-refractivity contribution in [2.24, 2.45) is 22.7 Å². The minimum atomic E-state index is -2.75. The SMILES string of the molecule is CO/N=C1\C(O)=C(C(N)=O)C(=[N-])[C@@]2(O)C(=O)C3=C(O)c4c(O)ccc(N)c4C[C@H]3C[C@@H]12. The van der Waals surface area contributed by atoms with Gasteiger partial charge in [-0.05, 0) is 36.5 Å². The summed E-state index contributed by atoms with van der Waals surface area (Å²) < 4.78 is 0. The Labute approximate surface area is 175 Å². The van der Waals surface area contributed by atoms with Crippen LogP contribution in [-0.2, 0) is 20.8 Å². The van der Waals surface area contributed by atoms with Crippen LogP contribution in [0.5, 0.6) is 5.75 Å². The van der Waals surface area contributed by atoms with Crippen LogP contribution in [-0.4, -0.2) is 56.3 Å². The maximum atomic E-state index is 13.5. The van der Waals surface area contributed by atoms with Crippen LogP contribution in [0.2, 0.25) is 0 Å². The van der Waals surface area contributed by atoms with Gasteiger partial charge in [0.15, 0.2) is 11.5 Å². The number of anilines is 1. The molecule has 11 heteroatoms. The molecule has 1 fully saturated rings. The number of phenolic OH excluding ortho intramolecular Hbond substituents is 1. The van der Waals surface area contributed by atoms with Crippen LogP contribution in [0.3, 0.4) is 0 Å². The zero-order valence-electron chi connectivity index (χ0n) is 16.3. The minimum absolute atomic E-state index is 0.0451. The molecule has 1 aromatic rings. The summed E-state index contributed by atoms with van der Waals surface area (Å²) in [5, 5.41) is 57.2. The number of carbonyl (C=O) groups excluding carboxylic acids is 2. The number of rotatable bonds is 2. The Balaban J connectivity index is 1.98. The first-order valence-corrected chi connectivity index (χ1v) is 9.27. The molecule has 0 unspecified atom stereocenters. The van der Waals surface area contributed by atoms with Crippen molar-refractivity contribution in [2.45, 2.75) is 18.4 Å². The van der Waals surface area contributed by atoms with Gasteiger partial charge < -0.3 is 42.1 Å². The Morgan fingerprint density at radius 1 is 1.29 bits per heavy atom. The third-order valence-electron chi connectivity index (χ3n) is 6.14. The lowest BCUT2D eigenvalue weighted by Gasteiger charge is -2.50. The minimum Gasteiger partial charge on any atom is -0.804 e. The highest BCUT2D eigenvalue weighted by Gasteiger charge is 2.59. The average Bonchev–Trinajstić information content (AvgIpc) is 2.70. The van der Waals surface area contributed by atoms with Gasteiger partial charge in [0.05, 0.1) is 11.1 Å². The molecule has 1 aromatic carbocycles. The fourth-order valence-corrected chi connectivity index (χ4v) is 4.74. The van der Waals surface area contributed by atoms with Gasteiger partial charge in [0, 0.05) is 17.2 Å². The number of phenols is 1. The van der Waals surface area contributed by atoms with E-state index in [1.165, 1.54) is 12.1 Å². The maximum absolute atomic E-state index is 13.5. The van der Waals surface area contributed by atoms with Gasteiger partial charge in [-0.3, -0.25) is 9.59 Å². The van der Waals surface area contributed by atoms with Crippen molar-refractivity contribution in [1.29, 1.82) is 0 Å². The molecule has 162 valence electrons.